The maximum Gasteiger partial charge on any atom is 0.327 e. The van der Waals surface area contributed by atoms with Gasteiger partial charge in [-0.1, -0.05) is 30.3 Å². The van der Waals surface area contributed by atoms with Gasteiger partial charge in [0.2, 0.25) is 0 Å². The zero-order chi connectivity index (χ0) is 22.7. The van der Waals surface area contributed by atoms with Crippen molar-refractivity contribution in [2.24, 2.45) is 0 Å². The first-order valence-corrected chi connectivity index (χ1v) is 11.0. The molecule has 2 aliphatic rings. The summed E-state index contributed by atoms with van der Waals surface area (Å²) >= 11 is 0. The van der Waals surface area contributed by atoms with Crippen molar-refractivity contribution in [3.05, 3.63) is 65.5 Å². The maximum absolute atomic E-state index is 13.5. The lowest BCUT2D eigenvalue weighted by atomic mass is 9.85. The molecule has 2 saturated heterocycles. The Morgan fingerprint density at radius 2 is 1.81 bits per heavy atom. The Morgan fingerprint density at radius 3 is 2.47 bits per heavy atom. The zero-order valence-electron chi connectivity index (χ0n) is 18.2. The van der Waals surface area contributed by atoms with E-state index in [4.69, 9.17) is 0 Å². The van der Waals surface area contributed by atoms with Crippen LogP contribution in [0, 0.1) is 6.92 Å². The Bertz CT molecular complexity index is 1000. The molecule has 3 heterocycles. The van der Waals surface area contributed by atoms with Crippen molar-refractivity contribution in [2.75, 3.05) is 26.2 Å². The lowest BCUT2D eigenvalue weighted by Gasteiger charge is -2.42. The van der Waals surface area contributed by atoms with Crippen LogP contribution in [-0.2, 0) is 11.3 Å². The average Bonchev–Trinajstić information content (AvgIpc) is 3.00. The summed E-state index contributed by atoms with van der Waals surface area (Å²) in [4.78, 5) is 48.6. The molecular weight excluding hydrogens is 408 g/mol. The van der Waals surface area contributed by atoms with Crippen LogP contribution < -0.4 is 0 Å². The molecule has 32 heavy (non-hydrogen) atoms. The number of hydrogen-bond donors (Lipinski definition) is 1. The molecule has 0 atom stereocenters. The molecule has 0 unspecified atom stereocenters. The van der Waals surface area contributed by atoms with Crippen LogP contribution in [0.2, 0.25) is 0 Å². The number of aliphatic hydroxyl groups excluding tert-OH is 1. The minimum atomic E-state index is -0.969. The monoisotopic (exact) mass is 436 g/mol. The molecule has 1 spiro atoms. The van der Waals surface area contributed by atoms with Crippen LogP contribution in [0.25, 0.3) is 0 Å². The number of amides is 4. The van der Waals surface area contributed by atoms with E-state index in [0.29, 0.717) is 50.2 Å². The number of carbonyl (C=O) groups excluding carboxylic acids is 3. The Hall–Kier alpha value is -3.26. The highest BCUT2D eigenvalue weighted by Crippen LogP contribution is 2.39. The van der Waals surface area contributed by atoms with Gasteiger partial charge in [0.15, 0.2) is 0 Å². The maximum atomic E-state index is 13.5. The molecule has 0 saturated carbocycles. The molecule has 8 heteroatoms. The molecular formula is C24H28N4O4. The molecule has 0 aliphatic carbocycles. The molecule has 168 valence electrons. The van der Waals surface area contributed by atoms with Gasteiger partial charge in [0.05, 0.1) is 5.56 Å². The fourth-order valence-electron chi connectivity index (χ4n) is 4.64. The smallest absolute Gasteiger partial charge is 0.327 e. The number of piperidine rings is 1. The van der Waals surface area contributed by atoms with E-state index in [2.05, 4.69) is 4.98 Å². The molecule has 8 nitrogen and oxygen atoms in total. The van der Waals surface area contributed by atoms with Crippen molar-refractivity contribution >= 4 is 17.8 Å². The molecule has 0 bridgehead atoms. The van der Waals surface area contributed by atoms with Gasteiger partial charge in [-0.25, -0.2) is 4.79 Å². The van der Waals surface area contributed by atoms with Gasteiger partial charge in [-0.2, -0.15) is 0 Å². The summed E-state index contributed by atoms with van der Waals surface area (Å²) in [6.45, 7) is 3.00. The van der Waals surface area contributed by atoms with Gasteiger partial charge in [0.25, 0.3) is 11.8 Å². The molecule has 1 N–H and O–H groups in total. The number of carbonyl (C=O) groups is 3. The third kappa shape index (κ3) is 3.86. The Balaban J connectivity index is 1.57. The van der Waals surface area contributed by atoms with Gasteiger partial charge in [0, 0.05) is 44.7 Å². The Morgan fingerprint density at radius 1 is 1.09 bits per heavy atom. The van der Waals surface area contributed by atoms with Crippen molar-refractivity contribution in [2.45, 2.75) is 38.3 Å². The van der Waals surface area contributed by atoms with Crippen LogP contribution in [0.4, 0.5) is 4.79 Å². The lowest BCUT2D eigenvalue weighted by molar-refractivity contribution is -0.135. The fourth-order valence-corrected chi connectivity index (χ4v) is 4.64. The third-order valence-electron chi connectivity index (χ3n) is 6.46. The van der Waals surface area contributed by atoms with E-state index in [-0.39, 0.29) is 31.0 Å². The van der Waals surface area contributed by atoms with Gasteiger partial charge in [-0.15, -0.1) is 0 Å². The SMILES string of the molecule is Cc1ncccc1C(=O)N1CCC2(CC1)C(=O)N(CCCO)C(=O)N2Cc1ccccc1. The minimum Gasteiger partial charge on any atom is -0.396 e. The number of nitrogens with zero attached hydrogens (tertiary/aromatic N) is 4. The number of rotatable bonds is 6. The van der Waals surface area contributed by atoms with Crippen molar-refractivity contribution in [3.63, 3.8) is 0 Å². The summed E-state index contributed by atoms with van der Waals surface area (Å²) in [5.41, 5.74) is 1.21. The molecule has 4 rings (SSSR count). The number of imide groups is 1. The highest BCUT2D eigenvalue weighted by molar-refractivity contribution is 6.07. The van der Waals surface area contributed by atoms with Crippen LogP contribution >= 0.6 is 0 Å². The van der Waals surface area contributed by atoms with Crippen LogP contribution in [0.5, 0.6) is 0 Å². The van der Waals surface area contributed by atoms with E-state index in [0.717, 1.165) is 5.56 Å². The first-order chi connectivity index (χ1) is 15.5. The molecule has 2 fully saturated rings. The van der Waals surface area contributed by atoms with Crippen molar-refractivity contribution < 1.29 is 19.5 Å². The summed E-state index contributed by atoms with van der Waals surface area (Å²) in [5, 5.41) is 9.22. The molecule has 1 aromatic heterocycles. The number of benzene rings is 1. The lowest BCUT2D eigenvalue weighted by Crippen LogP contribution is -2.57. The number of aromatic nitrogens is 1. The number of likely N-dealkylation sites (tertiary alicyclic amines) is 1. The number of aliphatic hydroxyl groups is 1. The summed E-state index contributed by atoms with van der Waals surface area (Å²) < 4.78 is 0. The molecule has 4 amide bonds. The second kappa shape index (κ2) is 9.08. The molecule has 2 aliphatic heterocycles. The molecule has 2 aromatic rings. The van der Waals surface area contributed by atoms with Gasteiger partial charge in [-0.05, 0) is 43.9 Å². The van der Waals surface area contributed by atoms with E-state index in [9.17, 15) is 19.5 Å². The summed E-state index contributed by atoms with van der Waals surface area (Å²) in [6, 6.07) is 12.8. The third-order valence-corrected chi connectivity index (χ3v) is 6.46. The summed E-state index contributed by atoms with van der Waals surface area (Å²) in [5.74, 6) is -0.328. The van der Waals surface area contributed by atoms with Crippen LogP contribution in [0.3, 0.4) is 0 Å². The van der Waals surface area contributed by atoms with Gasteiger partial charge in [-0.3, -0.25) is 19.5 Å². The minimum absolute atomic E-state index is 0.0878. The zero-order valence-corrected chi connectivity index (χ0v) is 18.2. The van der Waals surface area contributed by atoms with Gasteiger partial charge < -0.3 is 14.9 Å². The van der Waals surface area contributed by atoms with E-state index in [1.807, 2.05) is 30.3 Å². The first kappa shape index (κ1) is 22.0. The average molecular weight is 437 g/mol. The van der Waals surface area contributed by atoms with E-state index >= 15 is 0 Å². The van der Waals surface area contributed by atoms with E-state index in [1.165, 1.54) is 4.90 Å². The van der Waals surface area contributed by atoms with Crippen LogP contribution in [0.15, 0.2) is 48.7 Å². The topological polar surface area (TPSA) is 94.0 Å². The van der Waals surface area contributed by atoms with Gasteiger partial charge >= 0.3 is 6.03 Å². The summed E-state index contributed by atoms with van der Waals surface area (Å²) in [6.07, 6.45) is 2.76. The first-order valence-electron chi connectivity index (χ1n) is 11.0. The standard InChI is InChI=1S/C24H28N4O4/c1-18-20(9-5-12-25-18)21(30)26-14-10-24(11-15-26)22(31)27(13-6-16-29)23(32)28(24)17-19-7-3-2-4-8-19/h2-5,7-9,12,29H,6,10-11,13-17H2,1H3. The van der Waals surface area contributed by atoms with Crippen LogP contribution in [0.1, 0.15) is 40.9 Å². The number of aryl methyl sites for hydroxylation is 1. The highest BCUT2D eigenvalue weighted by Gasteiger charge is 2.57. The Labute approximate surface area is 187 Å². The van der Waals surface area contributed by atoms with E-state index < -0.39 is 5.54 Å². The van der Waals surface area contributed by atoms with Gasteiger partial charge in [0.1, 0.15) is 5.54 Å². The van der Waals surface area contributed by atoms with E-state index in [1.54, 1.807) is 35.1 Å². The largest absolute Gasteiger partial charge is 0.396 e. The second-order valence-electron chi connectivity index (χ2n) is 8.35. The molecule has 0 radical (unpaired) electrons. The highest BCUT2D eigenvalue weighted by atomic mass is 16.3. The normalized spacial score (nSPS) is 18.0. The quantitative estimate of drug-likeness (QED) is 0.701. The van der Waals surface area contributed by atoms with Crippen molar-refractivity contribution in [1.82, 2.24) is 19.7 Å². The number of pyridine rings is 1. The second-order valence-corrected chi connectivity index (χ2v) is 8.35. The predicted octanol–water partition coefficient (Wildman–Crippen LogP) is 2.21. The van der Waals surface area contributed by atoms with Crippen LogP contribution in [-0.4, -0.2) is 74.4 Å². The Kier molecular flexibility index (Phi) is 6.23. The number of urea groups is 1. The predicted molar refractivity (Wildman–Crippen MR) is 118 cm³/mol. The summed E-state index contributed by atoms with van der Waals surface area (Å²) in [7, 11) is 0. The van der Waals surface area contributed by atoms with Crippen molar-refractivity contribution in [1.29, 1.82) is 0 Å². The number of hydrogen-bond acceptors (Lipinski definition) is 5. The fraction of sp³-hybridized carbons (Fsp3) is 0.417. The van der Waals surface area contributed by atoms with Crippen molar-refractivity contribution in [3.8, 4) is 0 Å². The molecule has 1 aromatic carbocycles.